The Balaban J connectivity index is 2.24. The molecule has 94 valence electrons. The monoisotopic (exact) mass is 233 g/mol. The van der Waals surface area contributed by atoms with Crippen molar-refractivity contribution in [2.24, 2.45) is 5.92 Å². The van der Waals surface area contributed by atoms with Crippen molar-refractivity contribution in [3.63, 3.8) is 0 Å². The Morgan fingerprint density at radius 1 is 1.24 bits per heavy atom. The molecule has 17 heavy (non-hydrogen) atoms. The van der Waals surface area contributed by atoms with E-state index in [1.807, 2.05) is 37.3 Å². The van der Waals surface area contributed by atoms with Crippen LogP contribution in [0.3, 0.4) is 0 Å². The molecule has 1 atom stereocenters. The van der Waals surface area contributed by atoms with Crippen molar-refractivity contribution >= 4 is 5.91 Å². The smallest absolute Gasteiger partial charge is 0.223 e. The SMILES string of the molecule is CCCCCC(C)C(=O)NCc1ccccc1. The van der Waals surface area contributed by atoms with Crippen LogP contribution in [0.4, 0.5) is 0 Å². The second-order valence-electron chi connectivity index (χ2n) is 4.60. The van der Waals surface area contributed by atoms with E-state index in [1.54, 1.807) is 0 Å². The summed E-state index contributed by atoms with van der Waals surface area (Å²) in [6.07, 6.45) is 4.57. The van der Waals surface area contributed by atoms with Crippen LogP contribution in [-0.2, 0) is 11.3 Å². The van der Waals surface area contributed by atoms with Gasteiger partial charge >= 0.3 is 0 Å². The zero-order chi connectivity index (χ0) is 12.5. The first kappa shape index (κ1) is 13.8. The van der Waals surface area contributed by atoms with Gasteiger partial charge in [0, 0.05) is 12.5 Å². The minimum atomic E-state index is 0.130. The van der Waals surface area contributed by atoms with Gasteiger partial charge < -0.3 is 5.32 Å². The van der Waals surface area contributed by atoms with Gasteiger partial charge in [0.25, 0.3) is 0 Å². The van der Waals surface area contributed by atoms with E-state index in [1.165, 1.54) is 12.8 Å². The Morgan fingerprint density at radius 3 is 2.59 bits per heavy atom. The predicted octanol–water partition coefficient (Wildman–Crippen LogP) is 3.52. The standard InChI is InChI=1S/C15H23NO/c1-3-4-6-9-13(2)15(17)16-12-14-10-7-5-8-11-14/h5,7-8,10-11,13H,3-4,6,9,12H2,1-2H3,(H,16,17). The predicted molar refractivity (Wildman–Crippen MR) is 71.6 cm³/mol. The summed E-state index contributed by atoms with van der Waals surface area (Å²) in [5, 5.41) is 2.99. The van der Waals surface area contributed by atoms with Crippen LogP contribution >= 0.6 is 0 Å². The number of carbonyl (C=O) groups is 1. The normalized spacial score (nSPS) is 12.1. The second-order valence-corrected chi connectivity index (χ2v) is 4.60. The number of amides is 1. The van der Waals surface area contributed by atoms with Gasteiger partial charge in [-0.2, -0.15) is 0 Å². The summed E-state index contributed by atoms with van der Waals surface area (Å²) in [6, 6.07) is 10.0. The molecule has 0 saturated heterocycles. The summed E-state index contributed by atoms with van der Waals surface area (Å²) in [5.74, 6) is 0.301. The number of carbonyl (C=O) groups excluding carboxylic acids is 1. The molecule has 1 amide bonds. The van der Waals surface area contributed by atoms with Gasteiger partial charge in [0.15, 0.2) is 0 Å². The molecular weight excluding hydrogens is 210 g/mol. The lowest BCUT2D eigenvalue weighted by atomic mass is 10.0. The number of rotatable bonds is 7. The van der Waals surface area contributed by atoms with E-state index in [4.69, 9.17) is 0 Å². The van der Waals surface area contributed by atoms with Crippen molar-refractivity contribution in [3.05, 3.63) is 35.9 Å². The molecule has 1 N–H and O–H groups in total. The summed E-state index contributed by atoms with van der Waals surface area (Å²) in [4.78, 5) is 11.8. The van der Waals surface area contributed by atoms with Crippen molar-refractivity contribution in [1.82, 2.24) is 5.32 Å². The maximum absolute atomic E-state index is 11.8. The molecule has 0 heterocycles. The van der Waals surface area contributed by atoms with E-state index < -0.39 is 0 Å². The van der Waals surface area contributed by atoms with Gasteiger partial charge in [-0.15, -0.1) is 0 Å². The molecule has 2 heteroatoms. The van der Waals surface area contributed by atoms with Gasteiger partial charge in [-0.1, -0.05) is 63.4 Å². The first-order valence-corrected chi connectivity index (χ1v) is 6.55. The van der Waals surface area contributed by atoms with Crippen LogP contribution in [-0.4, -0.2) is 5.91 Å². The number of unbranched alkanes of at least 4 members (excludes halogenated alkanes) is 2. The quantitative estimate of drug-likeness (QED) is 0.717. The largest absolute Gasteiger partial charge is 0.352 e. The highest BCUT2D eigenvalue weighted by molar-refractivity contribution is 5.78. The topological polar surface area (TPSA) is 29.1 Å². The summed E-state index contributed by atoms with van der Waals surface area (Å²) in [5.41, 5.74) is 1.15. The minimum absolute atomic E-state index is 0.130. The van der Waals surface area contributed by atoms with E-state index in [-0.39, 0.29) is 11.8 Å². The van der Waals surface area contributed by atoms with Gasteiger partial charge in [0.1, 0.15) is 0 Å². The first-order chi connectivity index (χ1) is 8.24. The summed E-state index contributed by atoms with van der Waals surface area (Å²) >= 11 is 0. The Hall–Kier alpha value is -1.31. The zero-order valence-electron chi connectivity index (χ0n) is 10.9. The second kappa shape index (κ2) is 7.88. The fourth-order valence-corrected chi connectivity index (χ4v) is 1.79. The van der Waals surface area contributed by atoms with Crippen LogP contribution in [0.5, 0.6) is 0 Å². The maximum atomic E-state index is 11.8. The lowest BCUT2D eigenvalue weighted by molar-refractivity contribution is -0.124. The molecule has 0 aliphatic carbocycles. The van der Waals surface area contributed by atoms with Crippen molar-refractivity contribution < 1.29 is 4.79 Å². The average molecular weight is 233 g/mol. The Labute approximate surface area is 104 Å². The van der Waals surface area contributed by atoms with Gasteiger partial charge in [-0.25, -0.2) is 0 Å². The Morgan fingerprint density at radius 2 is 1.94 bits per heavy atom. The molecule has 1 aromatic rings. The highest BCUT2D eigenvalue weighted by atomic mass is 16.1. The van der Waals surface area contributed by atoms with Crippen LogP contribution in [0.2, 0.25) is 0 Å². The highest BCUT2D eigenvalue weighted by Crippen LogP contribution is 2.09. The lowest BCUT2D eigenvalue weighted by Crippen LogP contribution is -2.28. The van der Waals surface area contributed by atoms with Crippen LogP contribution in [0.25, 0.3) is 0 Å². The summed E-state index contributed by atoms with van der Waals surface area (Å²) < 4.78 is 0. The van der Waals surface area contributed by atoms with E-state index in [0.29, 0.717) is 6.54 Å². The van der Waals surface area contributed by atoms with Gasteiger partial charge in [0.05, 0.1) is 0 Å². The molecule has 0 fully saturated rings. The molecular formula is C15H23NO. The maximum Gasteiger partial charge on any atom is 0.223 e. The molecule has 0 aromatic heterocycles. The van der Waals surface area contributed by atoms with Crippen LogP contribution in [0.15, 0.2) is 30.3 Å². The van der Waals surface area contributed by atoms with E-state index in [9.17, 15) is 4.79 Å². The van der Waals surface area contributed by atoms with Gasteiger partial charge in [-0.3, -0.25) is 4.79 Å². The molecule has 1 rings (SSSR count). The van der Waals surface area contributed by atoms with E-state index in [0.717, 1.165) is 18.4 Å². The van der Waals surface area contributed by atoms with Crippen LogP contribution in [0, 0.1) is 5.92 Å². The fourth-order valence-electron chi connectivity index (χ4n) is 1.79. The lowest BCUT2D eigenvalue weighted by Gasteiger charge is -2.11. The number of hydrogen-bond donors (Lipinski definition) is 1. The third-order valence-corrected chi connectivity index (χ3v) is 3.00. The Bertz CT molecular complexity index is 321. The third kappa shape index (κ3) is 5.53. The zero-order valence-corrected chi connectivity index (χ0v) is 10.9. The van der Waals surface area contributed by atoms with Gasteiger partial charge in [0.2, 0.25) is 5.91 Å². The average Bonchev–Trinajstić information content (AvgIpc) is 2.37. The summed E-state index contributed by atoms with van der Waals surface area (Å²) in [6.45, 7) is 4.83. The molecule has 0 spiro atoms. The number of nitrogens with one attached hydrogen (secondary N) is 1. The van der Waals surface area contributed by atoms with E-state index in [2.05, 4.69) is 12.2 Å². The van der Waals surface area contributed by atoms with Crippen molar-refractivity contribution in [2.45, 2.75) is 46.1 Å². The Kier molecular flexibility index (Phi) is 6.38. The highest BCUT2D eigenvalue weighted by Gasteiger charge is 2.11. The molecule has 2 nitrogen and oxygen atoms in total. The van der Waals surface area contributed by atoms with Crippen LogP contribution in [0.1, 0.15) is 45.1 Å². The third-order valence-electron chi connectivity index (χ3n) is 3.00. The number of benzene rings is 1. The van der Waals surface area contributed by atoms with Crippen molar-refractivity contribution in [3.8, 4) is 0 Å². The van der Waals surface area contributed by atoms with Gasteiger partial charge in [-0.05, 0) is 12.0 Å². The molecule has 0 radical (unpaired) electrons. The van der Waals surface area contributed by atoms with E-state index >= 15 is 0 Å². The molecule has 0 aliphatic heterocycles. The summed E-state index contributed by atoms with van der Waals surface area (Å²) in [7, 11) is 0. The van der Waals surface area contributed by atoms with Crippen molar-refractivity contribution in [1.29, 1.82) is 0 Å². The first-order valence-electron chi connectivity index (χ1n) is 6.55. The number of hydrogen-bond acceptors (Lipinski definition) is 1. The molecule has 0 saturated carbocycles. The molecule has 1 aromatic carbocycles. The molecule has 1 unspecified atom stereocenters. The van der Waals surface area contributed by atoms with Crippen molar-refractivity contribution in [2.75, 3.05) is 0 Å². The molecule has 0 bridgehead atoms. The van der Waals surface area contributed by atoms with Crippen LogP contribution < -0.4 is 5.32 Å². The molecule has 0 aliphatic rings. The minimum Gasteiger partial charge on any atom is -0.352 e. The fraction of sp³-hybridized carbons (Fsp3) is 0.533.